The summed E-state index contributed by atoms with van der Waals surface area (Å²) in [6.07, 6.45) is 8.91. The number of aliphatic hydroxyl groups excluding tert-OH is 1. The summed E-state index contributed by atoms with van der Waals surface area (Å²) in [5.74, 6) is 0.450. The summed E-state index contributed by atoms with van der Waals surface area (Å²) in [7, 11) is -1.31. The molecule has 2 unspecified atom stereocenters. The Bertz CT molecular complexity index is 1190. The van der Waals surface area contributed by atoms with E-state index in [0.29, 0.717) is 27.4 Å². The third-order valence-corrected chi connectivity index (χ3v) is 7.26. The molecule has 32 heavy (non-hydrogen) atoms. The Morgan fingerprint density at radius 2 is 2.03 bits per heavy atom. The maximum Gasteiger partial charge on any atom is 0.261 e. The molecule has 2 aromatic heterocycles. The molecule has 1 aliphatic rings. The van der Waals surface area contributed by atoms with Crippen molar-refractivity contribution in [2.24, 2.45) is 0 Å². The monoisotopic (exact) mass is 458 g/mol. The second kappa shape index (κ2) is 9.17. The van der Waals surface area contributed by atoms with E-state index < -0.39 is 16.4 Å². The molecule has 2 heterocycles. The molecule has 1 aromatic carbocycles. The average Bonchev–Trinajstić information content (AvgIpc) is 3.14. The fourth-order valence-electron chi connectivity index (χ4n) is 4.56. The summed E-state index contributed by atoms with van der Waals surface area (Å²) in [5.41, 5.74) is 0.315. The minimum absolute atomic E-state index is 0.111. The van der Waals surface area contributed by atoms with Crippen LogP contribution in [0.25, 0.3) is 10.9 Å². The second-order valence-corrected chi connectivity index (χ2v) is 10.0. The zero-order valence-corrected chi connectivity index (χ0v) is 19.2. The van der Waals surface area contributed by atoms with Gasteiger partial charge in [0.2, 0.25) is 0 Å². The van der Waals surface area contributed by atoms with Crippen LogP contribution in [0, 0.1) is 0 Å². The van der Waals surface area contributed by atoms with Crippen molar-refractivity contribution in [2.75, 3.05) is 18.2 Å². The van der Waals surface area contributed by atoms with Gasteiger partial charge in [-0.25, -0.2) is 0 Å². The Balaban J connectivity index is 1.78. The molecular weight excluding hydrogens is 428 g/mol. The van der Waals surface area contributed by atoms with E-state index in [1.807, 2.05) is 10.7 Å². The summed E-state index contributed by atoms with van der Waals surface area (Å²) in [6, 6.07) is 7.32. The lowest BCUT2D eigenvalue weighted by Crippen LogP contribution is -2.24. The fourth-order valence-corrected chi connectivity index (χ4v) is 5.41. The topological polar surface area (TPSA) is 120 Å². The number of fused-ring (bicyclic) bond motifs is 1. The number of benzene rings is 1. The lowest BCUT2D eigenvalue weighted by molar-refractivity contribution is 0.0275. The van der Waals surface area contributed by atoms with E-state index in [0.717, 1.165) is 31.2 Å². The molecule has 4 rings (SSSR count). The number of aliphatic hydroxyl groups is 2. The highest BCUT2D eigenvalue weighted by molar-refractivity contribution is 7.84. The quantitative estimate of drug-likeness (QED) is 0.431. The number of rotatable bonds is 7. The molecule has 1 saturated carbocycles. The van der Waals surface area contributed by atoms with Crippen molar-refractivity contribution in [3.63, 3.8) is 0 Å². The van der Waals surface area contributed by atoms with Crippen LogP contribution in [-0.4, -0.2) is 42.0 Å². The number of pyridine rings is 1. The van der Waals surface area contributed by atoms with Crippen LogP contribution >= 0.6 is 0 Å². The predicted molar refractivity (Wildman–Crippen MR) is 126 cm³/mol. The van der Waals surface area contributed by atoms with Gasteiger partial charge < -0.3 is 20.5 Å². The van der Waals surface area contributed by atoms with Crippen LogP contribution in [0.4, 0.5) is 11.5 Å². The molecular formula is C23H30N4O4S. The number of aromatic amines is 1. The third-order valence-electron chi connectivity index (χ3n) is 6.28. The number of H-pyrrole nitrogens is 1. The highest BCUT2D eigenvalue weighted by atomic mass is 32.2. The Labute approximate surface area is 189 Å². The highest BCUT2D eigenvalue weighted by Gasteiger charge is 2.28. The zero-order chi connectivity index (χ0) is 22.9. The molecule has 4 N–H and O–H groups in total. The average molecular weight is 459 g/mol. The Kier molecular flexibility index (Phi) is 6.50. The molecule has 0 bridgehead atoms. The first-order valence-electron chi connectivity index (χ1n) is 11.0. The van der Waals surface area contributed by atoms with Gasteiger partial charge in [-0.05, 0) is 44.0 Å². The van der Waals surface area contributed by atoms with Crippen molar-refractivity contribution in [3.8, 4) is 0 Å². The van der Waals surface area contributed by atoms with Gasteiger partial charge in [0.1, 0.15) is 5.39 Å². The van der Waals surface area contributed by atoms with E-state index in [2.05, 4.69) is 10.3 Å². The number of hydrogen-bond donors (Lipinski definition) is 4. The largest absolute Gasteiger partial charge is 0.396 e. The molecule has 0 aliphatic heterocycles. The minimum atomic E-state index is -1.35. The Morgan fingerprint density at radius 3 is 2.72 bits per heavy atom. The van der Waals surface area contributed by atoms with Gasteiger partial charge in [0.15, 0.2) is 5.82 Å². The second-order valence-electron chi connectivity index (χ2n) is 8.69. The molecule has 9 heteroatoms. The summed E-state index contributed by atoms with van der Waals surface area (Å²) in [6.45, 7) is 1.39. The van der Waals surface area contributed by atoms with Gasteiger partial charge in [-0.3, -0.25) is 13.7 Å². The molecule has 0 saturated heterocycles. The van der Waals surface area contributed by atoms with E-state index in [1.54, 1.807) is 37.6 Å². The number of aromatic nitrogens is 3. The van der Waals surface area contributed by atoms with Gasteiger partial charge in [0, 0.05) is 41.6 Å². The van der Waals surface area contributed by atoms with E-state index in [4.69, 9.17) is 5.10 Å². The molecule has 1 fully saturated rings. The van der Waals surface area contributed by atoms with Crippen LogP contribution in [0.2, 0.25) is 0 Å². The maximum atomic E-state index is 12.7. The minimum Gasteiger partial charge on any atom is -0.396 e. The summed E-state index contributed by atoms with van der Waals surface area (Å²) < 4.78 is 14.2. The lowest BCUT2D eigenvalue weighted by Gasteiger charge is -2.26. The summed E-state index contributed by atoms with van der Waals surface area (Å²) in [4.78, 5) is 15.9. The molecule has 0 spiro atoms. The fraction of sp³-hybridized carbons (Fsp3) is 0.478. The van der Waals surface area contributed by atoms with Crippen molar-refractivity contribution in [1.82, 2.24) is 14.8 Å². The smallest absolute Gasteiger partial charge is 0.261 e. The first-order chi connectivity index (χ1) is 15.3. The van der Waals surface area contributed by atoms with Crippen molar-refractivity contribution in [3.05, 3.63) is 46.4 Å². The first-order valence-corrected chi connectivity index (χ1v) is 12.6. The number of anilines is 2. The standard InChI is InChI=1S/C23H30N4O4S/c1-23(30,11-13-28)17-14-15(8-9-19(17)32(2)31)25-21-20-18(10-12-24-22(20)29)27(26-21)16-6-4-3-5-7-16/h8-10,12,14,16,28,30H,3-7,11,13H2,1-2H3,(H,24,29)(H,25,26). The SMILES string of the molecule is CS(=O)c1ccc(Nc2nn(C3CCCCC3)c3cc[nH]c(=O)c23)cc1C(C)(O)CCO. The maximum absolute atomic E-state index is 12.7. The summed E-state index contributed by atoms with van der Waals surface area (Å²) in [5, 5.41) is 28.8. The van der Waals surface area contributed by atoms with Crippen LogP contribution in [0.15, 0.2) is 40.2 Å². The van der Waals surface area contributed by atoms with Gasteiger partial charge in [0.05, 0.1) is 28.0 Å². The lowest BCUT2D eigenvalue weighted by atomic mass is 9.92. The van der Waals surface area contributed by atoms with Gasteiger partial charge in [-0.2, -0.15) is 5.10 Å². The van der Waals surface area contributed by atoms with Crippen LogP contribution < -0.4 is 10.9 Å². The number of nitrogens with zero attached hydrogens (tertiary/aromatic N) is 2. The Hall–Kier alpha value is -2.49. The predicted octanol–water partition coefficient (Wildman–Crippen LogP) is 3.30. The van der Waals surface area contributed by atoms with Gasteiger partial charge in [-0.1, -0.05) is 19.3 Å². The normalized spacial score (nSPS) is 17.9. The molecule has 0 radical (unpaired) electrons. The van der Waals surface area contributed by atoms with E-state index in [-0.39, 0.29) is 24.6 Å². The first kappa shape index (κ1) is 22.7. The van der Waals surface area contributed by atoms with Crippen LogP contribution in [-0.2, 0) is 16.4 Å². The molecule has 1 aliphatic carbocycles. The zero-order valence-electron chi connectivity index (χ0n) is 18.4. The van der Waals surface area contributed by atoms with Crippen LogP contribution in [0.3, 0.4) is 0 Å². The molecule has 8 nitrogen and oxygen atoms in total. The van der Waals surface area contributed by atoms with E-state index in [1.165, 1.54) is 6.42 Å². The molecule has 2 atom stereocenters. The van der Waals surface area contributed by atoms with Crippen molar-refractivity contribution >= 4 is 33.2 Å². The highest BCUT2D eigenvalue weighted by Crippen LogP contribution is 2.35. The van der Waals surface area contributed by atoms with Crippen LogP contribution in [0.1, 0.15) is 57.1 Å². The van der Waals surface area contributed by atoms with Crippen LogP contribution in [0.5, 0.6) is 0 Å². The van der Waals surface area contributed by atoms with Crippen molar-refractivity contribution < 1.29 is 14.4 Å². The van der Waals surface area contributed by atoms with Gasteiger partial charge in [0.25, 0.3) is 5.56 Å². The van der Waals surface area contributed by atoms with Gasteiger partial charge >= 0.3 is 0 Å². The number of hydrogen-bond acceptors (Lipinski definition) is 6. The van der Waals surface area contributed by atoms with E-state index >= 15 is 0 Å². The molecule has 0 amide bonds. The van der Waals surface area contributed by atoms with Crippen molar-refractivity contribution in [1.29, 1.82) is 0 Å². The third kappa shape index (κ3) is 4.37. The van der Waals surface area contributed by atoms with Gasteiger partial charge in [-0.15, -0.1) is 0 Å². The van der Waals surface area contributed by atoms with Crippen molar-refractivity contribution in [2.45, 2.75) is 62.0 Å². The molecule has 3 aromatic rings. The summed E-state index contributed by atoms with van der Waals surface area (Å²) >= 11 is 0. The van der Waals surface area contributed by atoms with E-state index in [9.17, 15) is 19.2 Å². The Morgan fingerprint density at radius 1 is 1.28 bits per heavy atom. The molecule has 172 valence electrons. The number of nitrogens with one attached hydrogen (secondary N) is 2.